The number of fused-ring (bicyclic) bond motifs is 1. The van der Waals surface area contributed by atoms with E-state index < -0.39 is 5.97 Å². The number of pyridine rings is 1. The third-order valence-corrected chi connectivity index (χ3v) is 5.90. The number of carbonyl (C=O) groups is 2. The first-order chi connectivity index (χ1) is 16.0. The number of hydrogen-bond donors (Lipinski definition) is 0. The quantitative estimate of drug-likeness (QED) is 0.495. The molecule has 0 radical (unpaired) electrons. The Balaban J connectivity index is 1.69. The first kappa shape index (κ1) is 22.7. The number of hydrogen-bond acceptors (Lipinski definition) is 5. The molecular formula is C26H27FN2O4. The van der Waals surface area contributed by atoms with Gasteiger partial charge in [0.25, 0.3) is 5.91 Å². The molecular weight excluding hydrogens is 423 g/mol. The van der Waals surface area contributed by atoms with Gasteiger partial charge in [0, 0.05) is 29.6 Å². The van der Waals surface area contributed by atoms with Crippen LogP contribution in [0.4, 0.5) is 4.39 Å². The van der Waals surface area contributed by atoms with Crippen LogP contribution in [0.3, 0.4) is 0 Å². The highest BCUT2D eigenvalue weighted by molar-refractivity contribution is 5.97. The van der Waals surface area contributed by atoms with Crippen LogP contribution in [0, 0.1) is 5.82 Å². The Morgan fingerprint density at radius 2 is 1.91 bits per heavy atom. The smallest absolute Gasteiger partial charge is 0.338 e. The minimum absolute atomic E-state index is 0.0722. The van der Waals surface area contributed by atoms with Crippen molar-refractivity contribution in [2.75, 3.05) is 19.8 Å². The zero-order valence-corrected chi connectivity index (χ0v) is 18.8. The van der Waals surface area contributed by atoms with E-state index in [1.54, 1.807) is 43.3 Å². The summed E-state index contributed by atoms with van der Waals surface area (Å²) in [6.45, 7) is 4.68. The largest absolute Gasteiger partial charge is 0.483 e. The van der Waals surface area contributed by atoms with Gasteiger partial charge in [0.2, 0.25) is 0 Å². The van der Waals surface area contributed by atoms with Crippen LogP contribution in [-0.4, -0.2) is 47.6 Å². The minimum atomic E-state index is -0.439. The number of benzene rings is 2. The predicted molar refractivity (Wildman–Crippen MR) is 124 cm³/mol. The summed E-state index contributed by atoms with van der Waals surface area (Å²) in [5.74, 6) is -0.414. The molecule has 1 unspecified atom stereocenters. The van der Waals surface area contributed by atoms with Crippen LogP contribution in [0.5, 0.6) is 5.75 Å². The first-order valence-corrected chi connectivity index (χ1v) is 11.3. The molecule has 6 nitrogen and oxygen atoms in total. The topological polar surface area (TPSA) is 68.7 Å². The predicted octanol–water partition coefficient (Wildman–Crippen LogP) is 5.00. The van der Waals surface area contributed by atoms with Gasteiger partial charge in [-0.3, -0.25) is 4.79 Å². The third-order valence-electron chi connectivity index (χ3n) is 5.90. The van der Waals surface area contributed by atoms with E-state index in [2.05, 4.69) is 11.9 Å². The van der Waals surface area contributed by atoms with E-state index >= 15 is 0 Å². The van der Waals surface area contributed by atoms with Gasteiger partial charge in [-0.05, 0) is 75.6 Å². The average molecular weight is 451 g/mol. The SMILES string of the molecule is CCOC(=O)c1ccc2nc(-c3ccc(F)cc3)cc(OCC(=O)N3CCCCC3C)c2c1. The summed E-state index contributed by atoms with van der Waals surface area (Å²) < 4.78 is 24.5. The number of ether oxygens (including phenoxy) is 2. The summed E-state index contributed by atoms with van der Waals surface area (Å²) >= 11 is 0. The number of carbonyl (C=O) groups excluding carboxylic acids is 2. The first-order valence-electron chi connectivity index (χ1n) is 11.3. The molecule has 172 valence electrons. The van der Waals surface area contributed by atoms with Crippen molar-refractivity contribution in [3.8, 4) is 17.0 Å². The van der Waals surface area contributed by atoms with Crippen molar-refractivity contribution in [3.05, 3.63) is 59.9 Å². The molecule has 7 heteroatoms. The Morgan fingerprint density at radius 1 is 1.12 bits per heavy atom. The summed E-state index contributed by atoms with van der Waals surface area (Å²) in [6, 6.07) is 13.0. The van der Waals surface area contributed by atoms with Gasteiger partial charge in [-0.2, -0.15) is 0 Å². The molecule has 1 aliphatic heterocycles. The van der Waals surface area contributed by atoms with Crippen LogP contribution >= 0.6 is 0 Å². The second-order valence-corrected chi connectivity index (χ2v) is 8.19. The molecule has 0 N–H and O–H groups in total. The molecule has 3 aromatic rings. The Labute approximate surface area is 192 Å². The standard InChI is InChI=1S/C26H27FN2O4/c1-3-32-26(31)19-9-12-22-21(14-19)24(15-23(28-22)18-7-10-20(27)11-8-18)33-16-25(30)29-13-5-4-6-17(29)2/h7-12,14-15,17H,3-6,13,16H2,1-2H3. The fourth-order valence-corrected chi connectivity index (χ4v) is 4.12. The van der Waals surface area contributed by atoms with E-state index in [1.807, 2.05) is 4.90 Å². The third kappa shape index (κ3) is 5.13. The highest BCUT2D eigenvalue weighted by Crippen LogP contribution is 2.31. The number of piperidine rings is 1. The fourth-order valence-electron chi connectivity index (χ4n) is 4.12. The maximum atomic E-state index is 13.4. The molecule has 0 aliphatic carbocycles. The van der Waals surface area contributed by atoms with Crippen LogP contribution in [0.1, 0.15) is 43.5 Å². The van der Waals surface area contributed by atoms with Crippen LogP contribution < -0.4 is 4.74 Å². The molecule has 2 aromatic carbocycles. The molecule has 2 heterocycles. The van der Waals surface area contributed by atoms with E-state index in [9.17, 15) is 14.0 Å². The fraction of sp³-hybridized carbons (Fsp3) is 0.346. The van der Waals surface area contributed by atoms with Crippen molar-refractivity contribution in [3.63, 3.8) is 0 Å². The van der Waals surface area contributed by atoms with E-state index in [4.69, 9.17) is 9.47 Å². The summed E-state index contributed by atoms with van der Waals surface area (Å²) in [6.07, 6.45) is 3.10. The van der Waals surface area contributed by atoms with Gasteiger partial charge in [-0.1, -0.05) is 0 Å². The minimum Gasteiger partial charge on any atom is -0.483 e. The van der Waals surface area contributed by atoms with Gasteiger partial charge in [-0.15, -0.1) is 0 Å². The van der Waals surface area contributed by atoms with Crippen molar-refractivity contribution in [1.82, 2.24) is 9.88 Å². The zero-order chi connectivity index (χ0) is 23.4. The lowest BCUT2D eigenvalue weighted by Gasteiger charge is -2.33. The second kappa shape index (κ2) is 9.98. The number of rotatable bonds is 6. The molecule has 1 saturated heterocycles. The Bertz CT molecular complexity index is 1160. The zero-order valence-electron chi connectivity index (χ0n) is 18.8. The van der Waals surface area contributed by atoms with Crippen molar-refractivity contribution < 1.29 is 23.5 Å². The van der Waals surface area contributed by atoms with Gasteiger partial charge in [-0.25, -0.2) is 14.2 Å². The molecule has 1 fully saturated rings. The molecule has 0 bridgehead atoms. The van der Waals surface area contributed by atoms with E-state index in [0.29, 0.717) is 33.5 Å². The molecule has 1 amide bonds. The van der Waals surface area contributed by atoms with Gasteiger partial charge < -0.3 is 14.4 Å². The monoisotopic (exact) mass is 450 g/mol. The number of nitrogens with zero attached hydrogens (tertiary/aromatic N) is 2. The second-order valence-electron chi connectivity index (χ2n) is 8.19. The van der Waals surface area contributed by atoms with Crippen LogP contribution in [0.2, 0.25) is 0 Å². The maximum Gasteiger partial charge on any atom is 0.338 e. The lowest BCUT2D eigenvalue weighted by molar-refractivity contribution is -0.136. The summed E-state index contributed by atoms with van der Waals surface area (Å²) in [7, 11) is 0. The average Bonchev–Trinajstić information content (AvgIpc) is 2.82. The number of amides is 1. The number of esters is 1. The molecule has 0 saturated carbocycles. The van der Waals surface area contributed by atoms with Gasteiger partial charge >= 0.3 is 5.97 Å². The van der Waals surface area contributed by atoms with Gasteiger partial charge in [0.05, 0.1) is 23.4 Å². The van der Waals surface area contributed by atoms with Gasteiger partial charge in [0.15, 0.2) is 6.61 Å². The van der Waals surface area contributed by atoms with Gasteiger partial charge in [0.1, 0.15) is 11.6 Å². The summed E-state index contributed by atoms with van der Waals surface area (Å²) in [5.41, 5.74) is 2.27. The molecule has 33 heavy (non-hydrogen) atoms. The van der Waals surface area contributed by atoms with Crippen LogP contribution in [-0.2, 0) is 9.53 Å². The van der Waals surface area contributed by atoms with E-state index in [-0.39, 0.29) is 31.0 Å². The number of halogens is 1. The normalized spacial score (nSPS) is 16.0. The van der Waals surface area contributed by atoms with E-state index in [1.165, 1.54) is 12.1 Å². The van der Waals surface area contributed by atoms with Crippen molar-refractivity contribution >= 4 is 22.8 Å². The molecule has 1 atom stereocenters. The summed E-state index contributed by atoms with van der Waals surface area (Å²) in [5, 5.41) is 0.603. The molecule has 4 rings (SSSR count). The van der Waals surface area contributed by atoms with E-state index in [0.717, 1.165) is 25.8 Å². The summed E-state index contributed by atoms with van der Waals surface area (Å²) in [4.78, 5) is 31.6. The molecule has 0 spiro atoms. The highest BCUT2D eigenvalue weighted by Gasteiger charge is 2.24. The van der Waals surface area contributed by atoms with Crippen molar-refractivity contribution in [2.45, 2.75) is 39.2 Å². The molecule has 1 aromatic heterocycles. The number of aromatic nitrogens is 1. The number of likely N-dealkylation sites (tertiary alicyclic amines) is 1. The van der Waals surface area contributed by atoms with Crippen molar-refractivity contribution in [2.24, 2.45) is 0 Å². The lowest BCUT2D eigenvalue weighted by atomic mass is 10.0. The van der Waals surface area contributed by atoms with Crippen molar-refractivity contribution in [1.29, 1.82) is 0 Å². The Kier molecular flexibility index (Phi) is 6.87. The van der Waals surface area contributed by atoms with Crippen LogP contribution in [0.25, 0.3) is 22.2 Å². The lowest BCUT2D eigenvalue weighted by Crippen LogP contribution is -2.44. The molecule has 1 aliphatic rings. The Hall–Kier alpha value is -3.48. The Morgan fingerprint density at radius 3 is 2.64 bits per heavy atom. The van der Waals surface area contributed by atoms with Crippen LogP contribution in [0.15, 0.2) is 48.5 Å². The maximum absolute atomic E-state index is 13.4. The highest BCUT2D eigenvalue weighted by atomic mass is 19.1.